The Labute approximate surface area is 145 Å². The van der Waals surface area contributed by atoms with Gasteiger partial charge in [0.15, 0.2) is 0 Å². The molecule has 0 atom stereocenters. The van der Waals surface area contributed by atoms with Crippen molar-refractivity contribution in [2.24, 2.45) is 5.10 Å². The van der Waals surface area contributed by atoms with E-state index in [4.69, 9.17) is 5.26 Å². The Hall–Kier alpha value is -3.46. The second-order valence-corrected chi connectivity index (χ2v) is 5.48. The highest BCUT2D eigenvalue weighted by atomic mass is 16.1. The Morgan fingerprint density at radius 1 is 1.36 bits per heavy atom. The zero-order valence-corrected chi connectivity index (χ0v) is 13.8. The normalized spacial score (nSPS) is 10.9. The van der Waals surface area contributed by atoms with Crippen LogP contribution in [0.25, 0.3) is 5.52 Å². The summed E-state index contributed by atoms with van der Waals surface area (Å²) in [6.07, 6.45) is 7.18. The fourth-order valence-electron chi connectivity index (χ4n) is 2.73. The first-order chi connectivity index (χ1) is 12.2. The lowest BCUT2D eigenvalue weighted by Gasteiger charge is -2.03. The first kappa shape index (κ1) is 16.4. The number of fused-ring (bicyclic) bond motifs is 1. The van der Waals surface area contributed by atoms with Gasteiger partial charge in [-0.2, -0.15) is 10.4 Å². The van der Waals surface area contributed by atoms with Crippen LogP contribution in [0, 0.1) is 18.3 Å². The Morgan fingerprint density at radius 2 is 2.16 bits per heavy atom. The number of nitrogens with zero attached hydrogens (tertiary/aromatic N) is 4. The number of hydrazone groups is 1. The molecule has 124 valence electrons. The molecule has 0 saturated heterocycles. The van der Waals surface area contributed by atoms with E-state index in [9.17, 15) is 4.79 Å². The minimum atomic E-state index is -0.0572. The van der Waals surface area contributed by atoms with Crippen LogP contribution in [-0.4, -0.2) is 27.9 Å². The fraction of sp³-hybridized carbons (Fsp3) is 0.158. The molecule has 1 N–H and O–H groups in total. The van der Waals surface area contributed by atoms with E-state index in [2.05, 4.69) is 21.6 Å². The lowest BCUT2D eigenvalue weighted by molar-refractivity contribution is 0.103. The molecule has 0 unspecified atom stereocenters. The highest BCUT2D eigenvalue weighted by molar-refractivity contribution is 6.11. The number of ketones is 1. The summed E-state index contributed by atoms with van der Waals surface area (Å²) < 4.78 is 1.88. The third-order valence-corrected chi connectivity index (χ3v) is 3.93. The van der Waals surface area contributed by atoms with Crippen molar-refractivity contribution in [3.05, 3.63) is 71.3 Å². The van der Waals surface area contributed by atoms with Gasteiger partial charge in [-0.05, 0) is 36.8 Å². The average Bonchev–Trinajstić information content (AvgIpc) is 2.93. The van der Waals surface area contributed by atoms with Crippen LogP contribution < -0.4 is 5.43 Å². The van der Waals surface area contributed by atoms with Gasteiger partial charge in [0.05, 0.1) is 29.9 Å². The summed E-state index contributed by atoms with van der Waals surface area (Å²) in [7, 11) is 0. The molecule has 3 heterocycles. The molecule has 3 rings (SSSR count). The third-order valence-electron chi connectivity index (χ3n) is 3.93. The summed E-state index contributed by atoms with van der Waals surface area (Å²) >= 11 is 0. The third kappa shape index (κ3) is 3.26. The molecule has 0 bridgehead atoms. The van der Waals surface area contributed by atoms with E-state index in [0.29, 0.717) is 24.2 Å². The van der Waals surface area contributed by atoms with Crippen molar-refractivity contribution in [1.29, 1.82) is 5.26 Å². The lowest BCUT2D eigenvalue weighted by Crippen LogP contribution is -2.07. The van der Waals surface area contributed by atoms with E-state index >= 15 is 0 Å². The van der Waals surface area contributed by atoms with Crippen molar-refractivity contribution in [3.8, 4) is 6.07 Å². The Kier molecular flexibility index (Phi) is 4.86. The molecule has 0 aliphatic heterocycles. The summed E-state index contributed by atoms with van der Waals surface area (Å²) in [5, 5.41) is 12.7. The minimum absolute atomic E-state index is 0.0572. The average molecular weight is 331 g/mol. The maximum absolute atomic E-state index is 13.0. The molecule has 3 aromatic rings. The van der Waals surface area contributed by atoms with Gasteiger partial charge < -0.3 is 9.83 Å². The van der Waals surface area contributed by atoms with Crippen molar-refractivity contribution in [2.45, 2.75) is 13.3 Å². The van der Waals surface area contributed by atoms with Gasteiger partial charge in [0.25, 0.3) is 0 Å². The van der Waals surface area contributed by atoms with Crippen LogP contribution in [0.15, 0.2) is 54.0 Å². The number of carbonyl (C=O) groups is 1. The minimum Gasteiger partial charge on any atom is -0.313 e. The molecule has 0 radical (unpaired) electrons. The fourth-order valence-corrected chi connectivity index (χ4v) is 2.73. The summed E-state index contributed by atoms with van der Waals surface area (Å²) in [6, 6.07) is 11.2. The van der Waals surface area contributed by atoms with Crippen LogP contribution >= 0.6 is 0 Å². The maximum atomic E-state index is 13.0. The predicted molar refractivity (Wildman–Crippen MR) is 95.6 cm³/mol. The molecule has 6 nitrogen and oxygen atoms in total. The molecular formula is C19H17N5O. The summed E-state index contributed by atoms with van der Waals surface area (Å²) in [5.41, 5.74) is 6.69. The molecule has 0 aliphatic rings. The van der Waals surface area contributed by atoms with Crippen LogP contribution in [0.4, 0.5) is 0 Å². The number of rotatable bonds is 6. The Morgan fingerprint density at radius 3 is 2.92 bits per heavy atom. The molecule has 0 amide bonds. The van der Waals surface area contributed by atoms with Crippen molar-refractivity contribution >= 4 is 17.5 Å². The first-order valence-electron chi connectivity index (χ1n) is 7.91. The van der Waals surface area contributed by atoms with Gasteiger partial charge in [-0.3, -0.25) is 9.78 Å². The smallest absolute Gasteiger partial charge is 0.210 e. The number of nitrogens with one attached hydrogen (secondary N) is 1. The standard InChI is InChI=1S/C19H17N5O/c1-14-16(13-23-22-9-4-8-20)17-5-2-3-12-24(17)18(14)19(25)15-6-10-21-11-7-15/h2-3,5-7,10-13,22H,4,9H2,1H3/b23-13-. The van der Waals surface area contributed by atoms with Gasteiger partial charge in [0.2, 0.25) is 5.78 Å². The number of hydrogen-bond acceptors (Lipinski definition) is 5. The lowest BCUT2D eigenvalue weighted by atomic mass is 10.1. The largest absolute Gasteiger partial charge is 0.313 e. The SMILES string of the molecule is Cc1c(/C=N\NCCC#N)c2ccccn2c1C(=O)c1ccncc1. The molecular weight excluding hydrogens is 314 g/mol. The van der Waals surface area contributed by atoms with E-state index in [1.54, 1.807) is 30.7 Å². The van der Waals surface area contributed by atoms with Crippen LogP contribution in [0.5, 0.6) is 0 Å². The second kappa shape index (κ2) is 7.41. The highest BCUT2D eigenvalue weighted by Gasteiger charge is 2.20. The Bertz CT molecular complexity index is 967. The number of carbonyl (C=O) groups excluding carboxylic acids is 1. The van der Waals surface area contributed by atoms with E-state index in [-0.39, 0.29) is 5.78 Å². The zero-order chi connectivity index (χ0) is 17.6. The molecule has 0 aromatic carbocycles. The van der Waals surface area contributed by atoms with Gasteiger partial charge in [-0.15, -0.1) is 0 Å². The van der Waals surface area contributed by atoms with Gasteiger partial charge in [0.1, 0.15) is 0 Å². The molecule has 0 saturated carbocycles. The number of hydrogen-bond donors (Lipinski definition) is 1. The summed E-state index contributed by atoms with van der Waals surface area (Å²) in [4.78, 5) is 16.9. The van der Waals surface area contributed by atoms with Crippen molar-refractivity contribution in [3.63, 3.8) is 0 Å². The van der Waals surface area contributed by atoms with Crippen molar-refractivity contribution in [1.82, 2.24) is 14.8 Å². The number of pyridine rings is 2. The van der Waals surface area contributed by atoms with Crippen molar-refractivity contribution < 1.29 is 4.79 Å². The Balaban J connectivity index is 2.04. The molecule has 0 aliphatic carbocycles. The van der Waals surface area contributed by atoms with E-state index < -0.39 is 0 Å². The summed E-state index contributed by atoms with van der Waals surface area (Å²) in [5.74, 6) is -0.0572. The monoisotopic (exact) mass is 331 g/mol. The van der Waals surface area contributed by atoms with Crippen molar-refractivity contribution in [2.75, 3.05) is 6.54 Å². The topological polar surface area (TPSA) is 82.5 Å². The predicted octanol–water partition coefficient (Wildman–Crippen LogP) is 2.71. The number of nitriles is 1. The van der Waals surface area contributed by atoms with Crippen LogP contribution in [0.3, 0.4) is 0 Å². The van der Waals surface area contributed by atoms with E-state index in [0.717, 1.165) is 16.6 Å². The van der Waals surface area contributed by atoms with Gasteiger partial charge in [-0.1, -0.05) is 6.07 Å². The van der Waals surface area contributed by atoms with Crippen LogP contribution in [-0.2, 0) is 0 Å². The second-order valence-electron chi connectivity index (χ2n) is 5.48. The van der Waals surface area contributed by atoms with E-state index in [1.807, 2.05) is 35.7 Å². The number of aromatic nitrogens is 2. The maximum Gasteiger partial charge on any atom is 0.210 e. The molecule has 3 aromatic heterocycles. The van der Waals surface area contributed by atoms with Crippen LogP contribution in [0.2, 0.25) is 0 Å². The highest BCUT2D eigenvalue weighted by Crippen LogP contribution is 2.24. The van der Waals surface area contributed by atoms with Gasteiger partial charge in [-0.25, -0.2) is 0 Å². The molecule has 0 fully saturated rings. The molecule has 25 heavy (non-hydrogen) atoms. The van der Waals surface area contributed by atoms with Gasteiger partial charge in [0, 0.05) is 36.3 Å². The van der Waals surface area contributed by atoms with Crippen LogP contribution in [0.1, 0.15) is 33.6 Å². The quantitative estimate of drug-likeness (QED) is 0.326. The van der Waals surface area contributed by atoms with Gasteiger partial charge >= 0.3 is 0 Å². The summed E-state index contributed by atoms with van der Waals surface area (Å²) in [6.45, 7) is 2.40. The molecule has 6 heteroatoms. The molecule has 0 spiro atoms. The zero-order valence-electron chi connectivity index (χ0n) is 13.8. The first-order valence-corrected chi connectivity index (χ1v) is 7.91. The van der Waals surface area contributed by atoms with E-state index in [1.165, 1.54) is 0 Å².